The molecule has 126 valence electrons. The van der Waals surface area contributed by atoms with Crippen molar-refractivity contribution < 1.29 is 23.0 Å². The average Bonchev–Trinajstić information content (AvgIpc) is 2.91. The minimum atomic E-state index is -4.84. The first-order chi connectivity index (χ1) is 10.6. The van der Waals surface area contributed by atoms with Crippen LogP contribution < -0.4 is 4.74 Å². The van der Waals surface area contributed by atoms with E-state index in [9.17, 15) is 18.3 Å². The number of thiophene rings is 1. The standard InChI is InChI=1S/C16H16ClF3O2S/c1-9-6-14(23-8-9)15(21,16(18,19)20)10(2)12-5-4-11(22-3)7-13(12)17/h4-8,10,21H,1-3H3. The Labute approximate surface area is 141 Å². The molecule has 0 bridgehead atoms. The molecule has 0 saturated heterocycles. The second-order valence-electron chi connectivity index (χ2n) is 5.36. The fourth-order valence-corrected chi connectivity index (χ4v) is 3.88. The van der Waals surface area contributed by atoms with Crippen LogP contribution in [0.1, 0.15) is 28.8 Å². The number of benzene rings is 1. The molecule has 23 heavy (non-hydrogen) atoms. The van der Waals surface area contributed by atoms with Crippen molar-refractivity contribution in [2.45, 2.75) is 31.5 Å². The lowest BCUT2D eigenvalue weighted by Crippen LogP contribution is -2.46. The van der Waals surface area contributed by atoms with Gasteiger partial charge in [0.25, 0.3) is 0 Å². The number of ether oxygens (including phenoxy) is 1. The first kappa shape index (κ1) is 18.1. The van der Waals surface area contributed by atoms with E-state index < -0.39 is 17.7 Å². The molecule has 1 heterocycles. The molecule has 2 nitrogen and oxygen atoms in total. The normalized spacial score (nSPS) is 16.0. The number of alkyl halides is 3. The summed E-state index contributed by atoms with van der Waals surface area (Å²) in [6, 6.07) is 5.76. The molecule has 0 amide bonds. The van der Waals surface area contributed by atoms with E-state index >= 15 is 0 Å². The summed E-state index contributed by atoms with van der Waals surface area (Å²) in [5.41, 5.74) is -2.14. The van der Waals surface area contributed by atoms with Crippen LogP contribution in [0, 0.1) is 6.92 Å². The van der Waals surface area contributed by atoms with Crippen molar-refractivity contribution in [2.24, 2.45) is 0 Å². The molecule has 2 atom stereocenters. The van der Waals surface area contributed by atoms with Gasteiger partial charge in [-0.2, -0.15) is 13.2 Å². The van der Waals surface area contributed by atoms with Crippen molar-refractivity contribution >= 4 is 22.9 Å². The Morgan fingerprint density at radius 2 is 1.91 bits per heavy atom. The Hall–Kier alpha value is -1.24. The highest BCUT2D eigenvalue weighted by atomic mass is 35.5. The highest BCUT2D eigenvalue weighted by Crippen LogP contribution is 2.51. The van der Waals surface area contributed by atoms with Crippen molar-refractivity contribution in [1.29, 1.82) is 0 Å². The lowest BCUT2D eigenvalue weighted by Gasteiger charge is -2.35. The number of hydrogen-bond donors (Lipinski definition) is 1. The molecule has 0 aliphatic heterocycles. The quantitative estimate of drug-likeness (QED) is 0.800. The summed E-state index contributed by atoms with van der Waals surface area (Å²) in [6.45, 7) is 3.00. The molecule has 0 fully saturated rings. The maximum Gasteiger partial charge on any atom is 0.422 e. The van der Waals surface area contributed by atoms with Crippen molar-refractivity contribution in [3.8, 4) is 5.75 Å². The van der Waals surface area contributed by atoms with Gasteiger partial charge < -0.3 is 9.84 Å². The van der Waals surface area contributed by atoms with Crippen molar-refractivity contribution in [1.82, 2.24) is 0 Å². The minimum absolute atomic E-state index is 0.118. The molecule has 0 radical (unpaired) electrons. The van der Waals surface area contributed by atoms with Gasteiger partial charge in [0.2, 0.25) is 5.60 Å². The van der Waals surface area contributed by atoms with Gasteiger partial charge in [0.15, 0.2) is 0 Å². The zero-order valence-electron chi connectivity index (χ0n) is 12.7. The second-order valence-corrected chi connectivity index (χ2v) is 6.68. The van der Waals surface area contributed by atoms with Gasteiger partial charge >= 0.3 is 6.18 Å². The van der Waals surface area contributed by atoms with Crippen LogP contribution in [0.4, 0.5) is 13.2 Å². The number of methoxy groups -OCH3 is 1. The molecule has 2 unspecified atom stereocenters. The molecule has 1 aromatic heterocycles. The van der Waals surface area contributed by atoms with E-state index in [4.69, 9.17) is 16.3 Å². The monoisotopic (exact) mass is 364 g/mol. The smallest absolute Gasteiger partial charge is 0.422 e. The van der Waals surface area contributed by atoms with Crippen LogP contribution in [0.2, 0.25) is 5.02 Å². The molecule has 2 rings (SSSR count). The zero-order valence-corrected chi connectivity index (χ0v) is 14.3. The number of aliphatic hydroxyl groups is 1. The number of hydrogen-bond acceptors (Lipinski definition) is 3. The summed E-state index contributed by atoms with van der Waals surface area (Å²) >= 11 is 6.98. The maximum atomic E-state index is 13.7. The Kier molecular flexibility index (Phi) is 4.99. The largest absolute Gasteiger partial charge is 0.497 e. The fourth-order valence-electron chi connectivity index (χ4n) is 2.44. The molecule has 0 aliphatic rings. The third-order valence-corrected chi connectivity index (χ3v) is 5.34. The van der Waals surface area contributed by atoms with Crippen LogP contribution in [0.15, 0.2) is 29.6 Å². The lowest BCUT2D eigenvalue weighted by molar-refractivity contribution is -0.273. The topological polar surface area (TPSA) is 29.5 Å². The van der Waals surface area contributed by atoms with Gasteiger partial charge in [-0.05, 0) is 41.6 Å². The Bertz CT molecular complexity index is 699. The third-order valence-electron chi connectivity index (χ3n) is 3.84. The van der Waals surface area contributed by atoms with E-state index in [2.05, 4.69) is 0 Å². The van der Waals surface area contributed by atoms with Gasteiger partial charge in [0.05, 0.1) is 7.11 Å². The zero-order chi connectivity index (χ0) is 17.4. The summed E-state index contributed by atoms with van der Waals surface area (Å²) in [6.07, 6.45) is -4.84. The van der Waals surface area contributed by atoms with Crippen LogP contribution in [0.5, 0.6) is 5.75 Å². The summed E-state index contributed by atoms with van der Waals surface area (Å²) < 4.78 is 46.1. The maximum absolute atomic E-state index is 13.7. The molecular weight excluding hydrogens is 349 g/mol. The molecule has 0 aliphatic carbocycles. The van der Waals surface area contributed by atoms with Gasteiger partial charge in [0, 0.05) is 15.8 Å². The Morgan fingerprint density at radius 1 is 1.26 bits per heavy atom. The van der Waals surface area contributed by atoms with E-state index in [1.165, 1.54) is 38.3 Å². The predicted molar refractivity (Wildman–Crippen MR) is 85.4 cm³/mol. The summed E-state index contributed by atoms with van der Waals surface area (Å²) in [5.74, 6) is -0.840. The molecule has 7 heteroatoms. The average molecular weight is 365 g/mol. The predicted octanol–water partition coefficient (Wildman–Crippen LogP) is 5.27. The summed E-state index contributed by atoms with van der Waals surface area (Å²) in [4.78, 5) is -0.151. The minimum Gasteiger partial charge on any atom is -0.497 e. The van der Waals surface area contributed by atoms with Crippen LogP contribution in [-0.4, -0.2) is 18.4 Å². The first-order valence-corrected chi connectivity index (χ1v) is 8.05. The SMILES string of the molecule is COc1ccc(C(C)C(O)(c2cc(C)cs2)C(F)(F)F)c(Cl)c1. The number of aryl methyl sites for hydroxylation is 1. The number of halogens is 4. The van der Waals surface area contributed by atoms with Crippen molar-refractivity contribution in [3.05, 3.63) is 50.7 Å². The van der Waals surface area contributed by atoms with Gasteiger partial charge in [-0.25, -0.2) is 0 Å². The molecule has 0 spiro atoms. The van der Waals surface area contributed by atoms with E-state index in [0.717, 1.165) is 11.3 Å². The Morgan fingerprint density at radius 3 is 2.35 bits per heavy atom. The van der Waals surface area contributed by atoms with Crippen LogP contribution in [0.3, 0.4) is 0 Å². The molecule has 0 saturated carbocycles. The van der Waals surface area contributed by atoms with Crippen LogP contribution >= 0.6 is 22.9 Å². The van der Waals surface area contributed by atoms with Crippen LogP contribution in [0.25, 0.3) is 0 Å². The first-order valence-electron chi connectivity index (χ1n) is 6.79. The van der Waals surface area contributed by atoms with Crippen molar-refractivity contribution in [2.75, 3.05) is 7.11 Å². The third kappa shape index (κ3) is 3.20. The Balaban J connectivity index is 2.56. The van der Waals surface area contributed by atoms with E-state index in [-0.39, 0.29) is 15.5 Å². The molecular formula is C16H16ClF3O2S. The highest BCUT2D eigenvalue weighted by molar-refractivity contribution is 7.10. The van der Waals surface area contributed by atoms with Gasteiger partial charge in [0.1, 0.15) is 5.75 Å². The van der Waals surface area contributed by atoms with E-state index in [1.54, 1.807) is 12.3 Å². The van der Waals surface area contributed by atoms with E-state index in [1.807, 2.05) is 0 Å². The van der Waals surface area contributed by atoms with E-state index in [0.29, 0.717) is 11.3 Å². The molecule has 1 aromatic carbocycles. The fraction of sp³-hybridized carbons (Fsp3) is 0.375. The second kappa shape index (κ2) is 6.34. The van der Waals surface area contributed by atoms with Crippen LogP contribution in [-0.2, 0) is 5.60 Å². The summed E-state index contributed by atoms with van der Waals surface area (Å²) in [5, 5.41) is 12.3. The lowest BCUT2D eigenvalue weighted by atomic mass is 9.81. The van der Waals surface area contributed by atoms with Gasteiger partial charge in [-0.3, -0.25) is 0 Å². The molecule has 2 aromatic rings. The van der Waals surface area contributed by atoms with Crippen molar-refractivity contribution in [3.63, 3.8) is 0 Å². The van der Waals surface area contributed by atoms with Gasteiger partial charge in [-0.15, -0.1) is 11.3 Å². The van der Waals surface area contributed by atoms with Gasteiger partial charge in [-0.1, -0.05) is 24.6 Å². The summed E-state index contributed by atoms with van der Waals surface area (Å²) in [7, 11) is 1.44. The molecule has 1 N–H and O–H groups in total. The number of rotatable bonds is 4. The highest BCUT2D eigenvalue weighted by Gasteiger charge is 2.59.